The molecule has 2 nitrogen and oxygen atoms in total. The molecule has 0 heterocycles. The summed E-state index contributed by atoms with van der Waals surface area (Å²) in [7, 11) is 0. The van der Waals surface area contributed by atoms with Gasteiger partial charge in [0.1, 0.15) is 6.61 Å². The van der Waals surface area contributed by atoms with Crippen molar-refractivity contribution >= 4 is 0 Å². The molecule has 0 aliphatic carbocycles. The number of benzene rings is 1. The van der Waals surface area contributed by atoms with Gasteiger partial charge in [0.25, 0.3) is 6.43 Å². The Morgan fingerprint density at radius 2 is 1.78 bits per heavy atom. The average molecular weight is 257 g/mol. The molecule has 0 aliphatic rings. The van der Waals surface area contributed by atoms with Gasteiger partial charge < -0.3 is 10.5 Å². The van der Waals surface area contributed by atoms with E-state index in [4.69, 9.17) is 10.5 Å². The quantitative estimate of drug-likeness (QED) is 0.727. The fourth-order valence-corrected chi connectivity index (χ4v) is 1.72. The average Bonchev–Trinajstić information content (AvgIpc) is 2.35. The molecule has 2 N–H and O–H groups in total. The molecule has 0 saturated carbocycles. The van der Waals surface area contributed by atoms with Gasteiger partial charge in [0.15, 0.2) is 0 Å². The van der Waals surface area contributed by atoms with Gasteiger partial charge in [-0.1, -0.05) is 31.2 Å². The third kappa shape index (κ3) is 6.07. The summed E-state index contributed by atoms with van der Waals surface area (Å²) >= 11 is 0. The Labute approximate surface area is 107 Å². The van der Waals surface area contributed by atoms with E-state index in [1.54, 1.807) is 0 Å². The Bertz CT molecular complexity index is 327. The second-order valence-electron chi connectivity index (χ2n) is 4.39. The standard InChI is InChI=1S/C14H21F2NO/c1-2-11-3-5-12(6-4-11)9-13(17)7-8-18-10-14(15)16/h3-6,13-14H,2,7-10,17H2,1H3. The van der Waals surface area contributed by atoms with Gasteiger partial charge in [-0.25, -0.2) is 8.78 Å². The molecule has 0 saturated heterocycles. The highest BCUT2D eigenvalue weighted by Gasteiger charge is 2.06. The minimum Gasteiger partial charge on any atom is -0.375 e. The lowest BCUT2D eigenvalue weighted by Gasteiger charge is -2.12. The summed E-state index contributed by atoms with van der Waals surface area (Å²) in [5, 5.41) is 0. The van der Waals surface area contributed by atoms with Crippen LogP contribution in [0.1, 0.15) is 24.5 Å². The second kappa shape index (κ2) is 8.16. The van der Waals surface area contributed by atoms with Gasteiger partial charge in [0.05, 0.1) is 0 Å². The van der Waals surface area contributed by atoms with E-state index in [9.17, 15) is 8.78 Å². The van der Waals surface area contributed by atoms with Crippen molar-refractivity contribution in [2.75, 3.05) is 13.2 Å². The number of aryl methyl sites for hydroxylation is 1. The normalized spacial score (nSPS) is 12.9. The molecule has 0 radical (unpaired) electrons. The number of rotatable bonds is 8. The Hall–Kier alpha value is -1.00. The van der Waals surface area contributed by atoms with Crippen molar-refractivity contribution in [3.8, 4) is 0 Å². The van der Waals surface area contributed by atoms with Crippen LogP contribution in [0.3, 0.4) is 0 Å². The number of halogens is 2. The van der Waals surface area contributed by atoms with Crippen molar-refractivity contribution < 1.29 is 13.5 Å². The number of ether oxygens (including phenoxy) is 1. The van der Waals surface area contributed by atoms with E-state index in [1.165, 1.54) is 11.1 Å². The van der Waals surface area contributed by atoms with E-state index in [0.717, 1.165) is 12.8 Å². The van der Waals surface area contributed by atoms with Gasteiger partial charge in [0, 0.05) is 12.6 Å². The van der Waals surface area contributed by atoms with Crippen molar-refractivity contribution in [3.05, 3.63) is 35.4 Å². The van der Waals surface area contributed by atoms with Crippen LogP contribution in [0.2, 0.25) is 0 Å². The summed E-state index contributed by atoms with van der Waals surface area (Å²) in [5.74, 6) is 0. The molecule has 1 unspecified atom stereocenters. The van der Waals surface area contributed by atoms with Gasteiger partial charge in [-0.2, -0.15) is 0 Å². The third-order valence-electron chi connectivity index (χ3n) is 2.81. The molecule has 4 heteroatoms. The van der Waals surface area contributed by atoms with Gasteiger partial charge in [-0.05, 0) is 30.4 Å². The Kier molecular flexibility index (Phi) is 6.83. The third-order valence-corrected chi connectivity index (χ3v) is 2.81. The minimum atomic E-state index is -2.40. The van der Waals surface area contributed by atoms with Crippen LogP contribution in [0.15, 0.2) is 24.3 Å². The van der Waals surface area contributed by atoms with Gasteiger partial charge in [0.2, 0.25) is 0 Å². The molecule has 0 fully saturated rings. The lowest BCUT2D eigenvalue weighted by atomic mass is 10.0. The number of hydrogen-bond acceptors (Lipinski definition) is 2. The predicted molar refractivity (Wildman–Crippen MR) is 68.9 cm³/mol. The second-order valence-corrected chi connectivity index (χ2v) is 4.39. The fourth-order valence-electron chi connectivity index (χ4n) is 1.72. The number of alkyl halides is 2. The monoisotopic (exact) mass is 257 g/mol. The van der Waals surface area contributed by atoms with Gasteiger partial charge in [-0.3, -0.25) is 0 Å². The van der Waals surface area contributed by atoms with Crippen LogP contribution < -0.4 is 5.73 Å². The van der Waals surface area contributed by atoms with Crippen molar-refractivity contribution in [3.63, 3.8) is 0 Å². The lowest BCUT2D eigenvalue weighted by Crippen LogP contribution is -2.25. The molecule has 18 heavy (non-hydrogen) atoms. The highest BCUT2D eigenvalue weighted by atomic mass is 19.3. The summed E-state index contributed by atoms with van der Waals surface area (Å²) in [4.78, 5) is 0. The molecule has 1 aromatic carbocycles. The largest absolute Gasteiger partial charge is 0.375 e. The minimum absolute atomic E-state index is 0.0462. The molecule has 0 aromatic heterocycles. The van der Waals surface area contributed by atoms with E-state index in [-0.39, 0.29) is 6.04 Å². The van der Waals surface area contributed by atoms with Gasteiger partial charge in [-0.15, -0.1) is 0 Å². The summed E-state index contributed by atoms with van der Waals surface area (Å²) in [6.07, 6.45) is -0.0271. The summed E-state index contributed by atoms with van der Waals surface area (Å²) in [6.45, 7) is 1.90. The van der Waals surface area contributed by atoms with E-state index in [0.29, 0.717) is 13.0 Å². The maximum atomic E-state index is 11.8. The first-order valence-corrected chi connectivity index (χ1v) is 6.31. The van der Waals surface area contributed by atoms with E-state index in [2.05, 4.69) is 31.2 Å². The first-order valence-electron chi connectivity index (χ1n) is 6.31. The number of nitrogens with two attached hydrogens (primary N) is 1. The predicted octanol–water partition coefficient (Wildman–Crippen LogP) is 2.79. The zero-order valence-electron chi connectivity index (χ0n) is 10.7. The molecule has 102 valence electrons. The highest BCUT2D eigenvalue weighted by Crippen LogP contribution is 2.08. The first-order chi connectivity index (χ1) is 8.61. The molecular weight excluding hydrogens is 236 g/mol. The topological polar surface area (TPSA) is 35.2 Å². The van der Waals surface area contributed by atoms with E-state index in [1.807, 2.05) is 0 Å². The number of hydrogen-bond donors (Lipinski definition) is 1. The summed E-state index contributed by atoms with van der Waals surface area (Å²) < 4.78 is 28.5. The highest BCUT2D eigenvalue weighted by molar-refractivity contribution is 5.23. The van der Waals surface area contributed by atoms with Crippen molar-refractivity contribution in [2.45, 2.75) is 38.7 Å². The van der Waals surface area contributed by atoms with Crippen LogP contribution in [0.5, 0.6) is 0 Å². The Morgan fingerprint density at radius 3 is 2.33 bits per heavy atom. The molecule has 1 aromatic rings. The smallest absolute Gasteiger partial charge is 0.261 e. The SMILES string of the molecule is CCc1ccc(CC(N)CCOCC(F)F)cc1. The zero-order valence-corrected chi connectivity index (χ0v) is 10.7. The summed E-state index contributed by atoms with van der Waals surface area (Å²) in [5.41, 5.74) is 8.40. The van der Waals surface area contributed by atoms with Crippen molar-refractivity contribution in [2.24, 2.45) is 5.73 Å². The molecular formula is C14H21F2NO. The van der Waals surface area contributed by atoms with Crippen LogP contribution in [-0.4, -0.2) is 25.7 Å². The maximum absolute atomic E-state index is 11.8. The maximum Gasteiger partial charge on any atom is 0.261 e. The fraction of sp³-hybridized carbons (Fsp3) is 0.571. The molecule has 0 aliphatic heterocycles. The van der Waals surface area contributed by atoms with Crippen LogP contribution in [0.25, 0.3) is 0 Å². The van der Waals surface area contributed by atoms with Gasteiger partial charge >= 0.3 is 0 Å². The van der Waals surface area contributed by atoms with Crippen LogP contribution in [-0.2, 0) is 17.6 Å². The summed E-state index contributed by atoms with van der Waals surface area (Å²) in [6, 6.07) is 8.28. The lowest BCUT2D eigenvalue weighted by molar-refractivity contribution is 0.0153. The van der Waals surface area contributed by atoms with Crippen molar-refractivity contribution in [1.82, 2.24) is 0 Å². The Balaban J connectivity index is 2.24. The zero-order chi connectivity index (χ0) is 13.4. The van der Waals surface area contributed by atoms with E-state index < -0.39 is 13.0 Å². The molecule has 0 bridgehead atoms. The van der Waals surface area contributed by atoms with E-state index >= 15 is 0 Å². The van der Waals surface area contributed by atoms with Crippen molar-refractivity contribution in [1.29, 1.82) is 0 Å². The molecule has 0 spiro atoms. The first kappa shape index (κ1) is 15.1. The molecule has 1 rings (SSSR count). The van der Waals surface area contributed by atoms with Crippen LogP contribution in [0, 0.1) is 0 Å². The Morgan fingerprint density at radius 1 is 1.17 bits per heavy atom. The van der Waals surface area contributed by atoms with Crippen LogP contribution in [0.4, 0.5) is 8.78 Å². The van der Waals surface area contributed by atoms with Crippen LogP contribution >= 0.6 is 0 Å². The molecule has 1 atom stereocenters. The molecule has 0 amide bonds.